The largest absolute Gasteiger partial charge is 0.398 e. The lowest BCUT2D eigenvalue weighted by Gasteiger charge is -2.08. The molecule has 0 spiro atoms. The SMILES string of the molecule is Cc1cccc(CS(=O)(=O)c2cc(Cl)ccc2N)n1. The number of benzene rings is 1. The van der Waals surface area contributed by atoms with Crippen molar-refractivity contribution in [2.24, 2.45) is 0 Å². The third-order valence-electron chi connectivity index (χ3n) is 2.59. The summed E-state index contributed by atoms with van der Waals surface area (Å²) < 4.78 is 24.6. The third-order valence-corrected chi connectivity index (χ3v) is 4.53. The van der Waals surface area contributed by atoms with Crippen molar-refractivity contribution in [3.05, 3.63) is 52.8 Å². The Balaban J connectivity index is 2.40. The maximum Gasteiger partial charge on any atom is 0.186 e. The van der Waals surface area contributed by atoms with Gasteiger partial charge in [-0.2, -0.15) is 0 Å². The number of pyridine rings is 1. The molecule has 0 unspecified atom stereocenters. The van der Waals surface area contributed by atoms with Gasteiger partial charge in [-0.05, 0) is 37.3 Å². The summed E-state index contributed by atoms with van der Waals surface area (Å²) in [5, 5.41) is 0.338. The molecule has 0 atom stereocenters. The summed E-state index contributed by atoms with van der Waals surface area (Å²) in [4.78, 5) is 4.23. The molecular formula is C13H13ClN2O2S. The van der Waals surface area contributed by atoms with E-state index >= 15 is 0 Å². The molecule has 0 fully saturated rings. The van der Waals surface area contributed by atoms with E-state index < -0.39 is 9.84 Å². The third kappa shape index (κ3) is 3.24. The minimum atomic E-state index is -3.56. The molecule has 2 N–H and O–H groups in total. The van der Waals surface area contributed by atoms with Crippen LogP contribution in [0.3, 0.4) is 0 Å². The quantitative estimate of drug-likeness (QED) is 0.884. The van der Waals surface area contributed by atoms with Crippen molar-refractivity contribution >= 4 is 27.1 Å². The van der Waals surface area contributed by atoms with Crippen LogP contribution in [0.25, 0.3) is 0 Å². The molecule has 2 aromatic rings. The lowest BCUT2D eigenvalue weighted by Crippen LogP contribution is -2.09. The maximum absolute atomic E-state index is 12.3. The Kier molecular flexibility index (Phi) is 3.78. The molecule has 0 bridgehead atoms. The van der Waals surface area contributed by atoms with Crippen molar-refractivity contribution in [1.29, 1.82) is 0 Å². The highest BCUT2D eigenvalue weighted by atomic mass is 35.5. The number of anilines is 1. The first-order chi connectivity index (χ1) is 8.88. The van der Waals surface area contributed by atoms with Crippen molar-refractivity contribution in [3.8, 4) is 0 Å². The smallest absolute Gasteiger partial charge is 0.186 e. The number of hydrogen-bond donors (Lipinski definition) is 1. The van der Waals surface area contributed by atoms with Crippen LogP contribution in [0.15, 0.2) is 41.3 Å². The van der Waals surface area contributed by atoms with Crippen LogP contribution < -0.4 is 5.73 Å². The van der Waals surface area contributed by atoms with Crippen LogP contribution in [0, 0.1) is 6.92 Å². The molecule has 100 valence electrons. The van der Waals surface area contributed by atoms with E-state index in [0.717, 1.165) is 5.69 Å². The Morgan fingerprint density at radius 3 is 2.68 bits per heavy atom. The van der Waals surface area contributed by atoms with Gasteiger partial charge in [0.1, 0.15) is 0 Å². The van der Waals surface area contributed by atoms with Crippen LogP contribution in [-0.4, -0.2) is 13.4 Å². The molecule has 4 nitrogen and oxygen atoms in total. The zero-order valence-corrected chi connectivity index (χ0v) is 11.9. The number of aryl methyl sites for hydroxylation is 1. The van der Waals surface area contributed by atoms with E-state index in [1.807, 2.05) is 13.0 Å². The van der Waals surface area contributed by atoms with Crippen LogP contribution in [-0.2, 0) is 15.6 Å². The summed E-state index contributed by atoms with van der Waals surface area (Å²) in [6.07, 6.45) is 0. The van der Waals surface area contributed by atoms with Crippen molar-refractivity contribution in [2.45, 2.75) is 17.6 Å². The van der Waals surface area contributed by atoms with Gasteiger partial charge in [-0.25, -0.2) is 8.42 Å². The fourth-order valence-corrected chi connectivity index (χ4v) is 3.41. The summed E-state index contributed by atoms with van der Waals surface area (Å²) >= 11 is 5.82. The summed E-state index contributed by atoms with van der Waals surface area (Å²) in [6.45, 7) is 1.81. The number of nitrogens with zero attached hydrogens (tertiary/aromatic N) is 1. The van der Waals surface area contributed by atoms with E-state index in [0.29, 0.717) is 10.7 Å². The highest BCUT2D eigenvalue weighted by molar-refractivity contribution is 7.90. The second kappa shape index (κ2) is 5.19. The average molecular weight is 297 g/mol. The first-order valence-electron chi connectivity index (χ1n) is 5.59. The predicted octanol–water partition coefficient (Wildman–Crippen LogP) is 2.60. The molecule has 0 amide bonds. The van der Waals surface area contributed by atoms with Crippen molar-refractivity contribution < 1.29 is 8.42 Å². The number of nitrogen functional groups attached to an aromatic ring is 1. The maximum atomic E-state index is 12.3. The number of hydrogen-bond acceptors (Lipinski definition) is 4. The fourth-order valence-electron chi connectivity index (χ4n) is 1.73. The molecule has 0 saturated carbocycles. The lowest BCUT2D eigenvalue weighted by molar-refractivity contribution is 0.595. The van der Waals surface area contributed by atoms with Crippen molar-refractivity contribution in [1.82, 2.24) is 4.98 Å². The summed E-state index contributed by atoms with van der Waals surface area (Å²) in [6, 6.07) is 9.66. The molecule has 1 aromatic heterocycles. The molecule has 19 heavy (non-hydrogen) atoms. The van der Waals surface area contributed by atoms with Gasteiger partial charge < -0.3 is 5.73 Å². The van der Waals surface area contributed by atoms with Gasteiger partial charge in [-0.15, -0.1) is 0 Å². The minimum Gasteiger partial charge on any atom is -0.398 e. The van der Waals surface area contributed by atoms with Gasteiger partial charge in [0.15, 0.2) is 9.84 Å². The van der Waals surface area contributed by atoms with Crippen molar-refractivity contribution in [3.63, 3.8) is 0 Å². The summed E-state index contributed by atoms with van der Waals surface area (Å²) in [7, 11) is -3.56. The molecule has 0 radical (unpaired) electrons. The van der Waals surface area contributed by atoms with Crippen LogP contribution in [0.1, 0.15) is 11.4 Å². The van der Waals surface area contributed by atoms with E-state index in [1.54, 1.807) is 18.2 Å². The first-order valence-corrected chi connectivity index (χ1v) is 7.62. The van der Waals surface area contributed by atoms with Gasteiger partial charge >= 0.3 is 0 Å². The number of nitrogens with two attached hydrogens (primary N) is 1. The zero-order valence-electron chi connectivity index (χ0n) is 10.3. The van der Waals surface area contributed by atoms with Crippen LogP contribution in [0.2, 0.25) is 5.02 Å². The molecule has 6 heteroatoms. The molecule has 0 saturated heterocycles. The van der Waals surface area contributed by atoms with Crippen LogP contribution >= 0.6 is 11.6 Å². The van der Waals surface area contributed by atoms with E-state index in [1.165, 1.54) is 12.1 Å². The Hall–Kier alpha value is -1.59. The van der Waals surface area contributed by atoms with Gasteiger partial charge in [0.2, 0.25) is 0 Å². The molecule has 0 aliphatic carbocycles. The minimum absolute atomic E-state index is 0.0447. The molecular weight excluding hydrogens is 284 g/mol. The Bertz CT molecular complexity index is 714. The highest BCUT2D eigenvalue weighted by Crippen LogP contribution is 2.25. The number of rotatable bonds is 3. The van der Waals surface area contributed by atoms with Gasteiger partial charge in [0.25, 0.3) is 0 Å². The topological polar surface area (TPSA) is 73.0 Å². The Morgan fingerprint density at radius 2 is 2.00 bits per heavy atom. The van der Waals surface area contributed by atoms with E-state index in [2.05, 4.69) is 4.98 Å². The van der Waals surface area contributed by atoms with Crippen LogP contribution in [0.4, 0.5) is 5.69 Å². The van der Waals surface area contributed by atoms with Gasteiger partial charge in [-0.3, -0.25) is 4.98 Å². The molecule has 1 aromatic carbocycles. The summed E-state index contributed by atoms with van der Waals surface area (Å²) in [5.74, 6) is -0.195. The van der Waals surface area contributed by atoms with Crippen molar-refractivity contribution in [2.75, 3.05) is 5.73 Å². The van der Waals surface area contributed by atoms with Gasteiger partial charge in [-0.1, -0.05) is 17.7 Å². The molecule has 0 aliphatic heterocycles. The normalized spacial score (nSPS) is 11.5. The zero-order chi connectivity index (χ0) is 14.0. The van der Waals surface area contributed by atoms with Gasteiger partial charge in [0.05, 0.1) is 22.0 Å². The van der Waals surface area contributed by atoms with Crippen LogP contribution in [0.5, 0.6) is 0 Å². The summed E-state index contributed by atoms with van der Waals surface area (Å²) in [5.41, 5.74) is 7.15. The van der Waals surface area contributed by atoms with E-state index in [-0.39, 0.29) is 16.3 Å². The standard InChI is InChI=1S/C13H13ClN2O2S/c1-9-3-2-4-11(16-9)8-19(17,18)13-7-10(14)5-6-12(13)15/h2-7H,8,15H2,1H3. The first kappa shape index (κ1) is 13.8. The van der Waals surface area contributed by atoms with Gasteiger partial charge in [0, 0.05) is 10.7 Å². The average Bonchev–Trinajstić information content (AvgIpc) is 2.31. The lowest BCUT2D eigenvalue weighted by atomic mass is 10.3. The second-order valence-electron chi connectivity index (χ2n) is 4.21. The fraction of sp³-hybridized carbons (Fsp3) is 0.154. The molecule has 2 rings (SSSR count). The highest BCUT2D eigenvalue weighted by Gasteiger charge is 2.19. The number of aromatic nitrogens is 1. The van der Waals surface area contributed by atoms with E-state index in [9.17, 15) is 8.42 Å². The predicted molar refractivity (Wildman–Crippen MR) is 75.7 cm³/mol. The second-order valence-corrected chi connectivity index (χ2v) is 6.61. The Labute approximate surface area is 117 Å². The molecule has 0 aliphatic rings. The number of sulfone groups is 1. The Morgan fingerprint density at radius 1 is 1.26 bits per heavy atom. The molecule has 1 heterocycles. The van der Waals surface area contributed by atoms with E-state index in [4.69, 9.17) is 17.3 Å². The number of halogens is 1. The monoisotopic (exact) mass is 296 g/mol.